The number of amides is 2. The number of nitrogens with zero attached hydrogens (tertiary/aromatic N) is 3. The molecule has 4 rings (SSSR count). The standard InChI is InChI=1S/C19H16F2N4O2S/c20-19(21)25-15-4-2-1-3-14(15)23-18(25)12-5-7-13(8-6-12)22-16(26)9-24-11-28-10-17(24)27/h1-8,19H,9-11H2,(H,22,26). The number of alkyl halides is 2. The summed E-state index contributed by atoms with van der Waals surface area (Å²) in [5.41, 5.74) is 1.88. The highest BCUT2D eigenvalue weighted by molar-refractivity contribution is 8.00. The number of carbonyl (C=O) groups excluding carboxylic acids is 2. The molecule has 144 valence electrons. The number of aromatic nitrogens is 2. The number of rotatable bonds is 5. The number of anilines is 1. The minimum Gasteiger partial charge on any atom is -0.325 e. The number of hydrogen-bond donors (Lipinski definition) is 1. The molecule has 0 saturated carbocycles. The number of thioether (sulfide) groups is 1. The number of imidazole rings is 1. The third kappa shape index (κ3) is 3.57. The van der Waals surface area contributed by atoms with E-state index in [1.54, 1.807) is 48.5 Å². The van der Waals surface area contributed by atoms with Gasteiger partial charge in [0.15, 0.2) is 0 Å². The normalized spacial score (nSPS) is 14.2. The summed E-state index contributed by atoms with van der Waals surface area (Å²) in [5, 5.41) is 2.71. The molecule has 1 aliphatic rings. The Bertz CT molecular complexity index is 1040. The first kappa shape index (κ1) is 18.4. The van der Waals surface area contributed by atoms with Gasteiger partial charge in [-0.15, -0.1) is 11.8 Å². The molecule has 2 heterocycles. The first-order chi connectivity index (χ1) is 13.5. The second kappa shape index (κ2) is 7.59. The Kier molecular flexibility index (Phi) is 4.99. The molecular formula is C19H16F2N4O2S. The lowest BCUT2D eigenvalue weighted by Crippen LogP contribution is -2.34. The third-order valence-corrected chi connectivity index (χ3v) is 5.32. The third-order valence-electron chi connectivity index (χ3n) is 4.38. The summed E-state index contributed by atoms with van der Waals surface area (Å²) in [6.07, 6.45) is 0. The van der Waals surface area contributed by atoms with Gasteiger partial charge in [-0.2, -0.15) is 8.78 Å². The van der Waals surface area contributed by atoms with E-state index in [1.807, 2.05) is 0 Å². The molecule has 1 aliphatic heterocycles. The van der Waals surface area contributed by atoms with Gasteiger partial charge in [0.2, 0.25) is 11.8 Å². The van der Waals surface area contributed by atoms with E-state index in [2.05, 4.69) is 10.3 Å². The predicted octanol–water partition coefficient (Wildman–Crippen LogP) is 3.57. The van der Waals surface area contributed by atoms with Crippen LogP contribution in [0.1, 0.15) is 6.55 Å². The number of para-hydroxylation sites is 2. The van der Waals surface area contributed by atoms with E-state index in [-0.39, 0.29) is 24.2 Å². The fourth-order valence-electron chi connectivity index (χ4n) is 3.06. The molecule has 2 amide bonds. The summed E-state index contributed by atoms with van der Waals surface area (Å²) >= 11 is 1.47. The summed E-state index contributed by atoms with van der Waals surface area (Å²) in [4.78, 5) is 29.5. The molecule has 3 aromatic rings. The van der Waals surface area contributed by atoms with Crippen molar-refractivity contribution in [1.82, 2.24) is 14.5 Å². The number of fused-ring (bicyclic) bond motifs is 1. The second-order valence-electron chi connectivity index (χ2n) is 6.27. The van der Waals surface area contributed by atoms with Crippen molar-refractivity contribution in [2.45, 2.75) is 6.55 Å². The molecule has 2 aromatic carbocycles. The topological polar surface area (TPSA) is 67.2 Å². The molecule has 1 saturated heterocycles. The summed E-state index contributed by atoms with van der Waals surface area (Å²) in [5.74, 6) is 0.709. The predicted molar refractivity (Wildman–Crippen MR) is 104 cm³/mol. The van der Waals surface area contributed by atoms with Crippen LogP contribution in [0.25, 0.3) is 22.4 Å². The van der Waals surface area contributed by atoms with Gasteiger partial charge in [0, 0.05) is 11.3 Å². The average molecular weight is 402 g/mol. The average Bonchev–Trinajstić information content (AvgIpc) is 3.26. The van der Waals surface area contributed by atoms with Gasteiger partial charge in [-0.3, -0.25) is 14.2 Å². The van der Waals surface area contributed by atoms with Crippen LogP contribution in [0.3, 0.4) is 0 Å². The van der Waals surface area contributed by atoms with E-state index in [9.17, 15) is 18.4 Å². The van der Waals surface area contributed by atoms with Crippen LogP contribution in [0, 0.1) is 0 Å². The molecule has 9 heteroatoms. The molecule has 0 unspecified atom stereocenters. The van der Waals surface area contributed by atoms with Crippen LogP contribution in [0.5, 0.6) is 0 Å². The minimum absolute atomic E-state index is 0.00520. The Morgan fingerprint density at radius 2 is 1.93 bits per heavy atom. The van der Waals surface area contributed by atoms with Gasteiger partial charge >= 0.3 is 6.55 Å². The van der Waals surface area contributed by atoms with E-state index in [4.69, 9.17) is 0 Å². The van der Waals surface area contributed by atoms with Crippen molar-refractivity contribution in [1.29, 1.82) is 0 Å². The zero-order chi connectivity index (χ0) is 19.7. The second-order valence-corrected chi connectivity index (χ2v) is 7.22. The molecule has 1 aromatic heterocycles. The molecule has 0 atom stereocenters. The Labute approximate surface area is 163 Å². The first-order valence-electron chi connectivity index (χ1n) is 8.54. The maximum absolute atomic E-state index is 13.6. The van der Waals surface area contributed by atoms with E-state index in [0.29, 0.717) is 33.9 Å². The van der Waals surface area contributed by atoms with Crippen LogP contribution in [-0.4, -0.2) is 44.4 Å². The van der Waals surface area contributed by atoms with Crippen molar-refractivity contribution in [2.24, 2.45) is 0 Å². The lowest BCUT2D eigenvalue weighted by molar-refractivity contribution is -0.130. The number of halogens is 2. The fourth-order valence-corrected chi connectivity index (χ4v) is 3.97. The highest BCUT2D eigenvalue weighted by Crippen LogP contribution is 2.30. The minimum atomic E-state index is -2.72. The van der Waals surface area contributed by atoms with Crippen molar-refractivity contribution in [3.63, 3.8) is 0 Å². The monoisotopic (exact) mass is 402 g/mol. The molecule has 6 nitrogen and oxygen atoms in total. The van der Waals surface area contributed by atoms with E-state index in [0.717, 1.165) is 4.57 Å². The van der Waals surface area contributed by atoms with Crippen LogP contribution in [0.15, 0.2) is 48.5 Å². The molecule has 0 aliphatic carbocycles. The van der Waals surface area contributed by atoms with Gasteiger partial charge in [-0.25, -0.2) is 4.98 Å². The quantitative estimate of drug-likeness (QED) is 0.709. The Balaban J connectivity index is 1.53. The van der Waals surface area contributed by atoms with E-state index >= 15 is 0 Å². The van der Waals surface area contributed by atoms with Gasteiger partial charge in [0.1, 0.15) is 12.4 Å². The largest absolute Gasteiger partial charge is 0.325 e. The number of carbonyl (C=O) groups is 2. The molecule has 0 bridgehead atoms. The Morgan fingerprint density at radius 1 is 1.18 bits per heavy atom. The van der Waals surface area contributed by atoms with Gasteiger partial charge in [0.05, 0.1) is 22.7 Å². The smallest absolute Gasteiger partial charge is 0.320 e. The lowest BCUT2D eigenvalue weighted by atomic mass is 10.2. The van der Waals surface area contributed by atoms with Crippen molar-refractivity contribution in [3.8, 4) is 11.4 Å². The number of benzene rings is 2. The maximum atomic E-state index is 13.6. The van der Waals surface area contributed by atoms with Crippen LogP contribution in [0.4, 0.5) is 14.5 Å². The van der Waals surface area contributed by atoms with Crippen molar-refractivity contribution >= 4 is 40.3 Å². The summed E-state index contributed by atoms with van der Waals surface area (Å²) in [7, 11) is 0. The molecular weight excluding hydrogens is 386 g/mol. The SMILES string of the molecule is O=C(CN1CSCC1=O)Nc1ccc(-c2nc3ccccc3n2C(F)F)cc1. The Morgan fingerprint density at radius 3 is 2.61 bits per heavy atom. The molecule has 0 radical (unpaired) electrons. The first-order valence-corrected chi connectivity index (χ1v) is 9.69. The lowest BCUT2D eigenvalue weighted by Gasteiger charge is -2.14. The zero-order valence-electron chi connectivity index (χ0n) is 14.6. The zero-order valence-corrected chi connectivity index (χ0v) is 15.5. The van der Waals surface area contributed by atoms with Gasteiger partial charge in [-0.05, 0) is 36.4 Å². The highest BCUT2D eigenvalue weighted by atomic mass is 32.2. The van der Waals surface area contributed by atoms with E-state index < -0.39 is 6.55 Å². The molecule has 28 heavy (non-hydrogen) atoms. The number of hydrogen-bond acceptors (Lipinski definition) is 4. The molecule has 1 fully saturated rings. The van der Waals surface area contributed by atoms with Crippen molar-refractivity contribution < 1.29 is 18.4 Å². The molecule has 0 spiro atoms. The van der Waals surface area contributed by atoms with E-state index in [1.165, 1.54) is 16.7 Å². The summed E-state index contributed by atoms with van der Waals surface area (Å²) in [6, 6.07) is 13.2. The van der Waals surface area contributed by atoms with Gasteiger partial charge in [-0.1, -0.05) is 12.1 Å². The van der Waals surface area contributed by atoms with Crippen molar-refractivity contribution in [3.05, 3.63) is 48.5 Å². The van der Waals surface area contributed by atoms with Crippen LogP contribution in [-0.2, 0) is 9.59 Å². The fraction of sp³-hybridized carbons (Fsp3) is 0.211. The Hall–Kier alpha value is -2.94. The van der Waals surface area contributed by atoms with Crippen LogP contribution in [0.2, 0.25) is 0 Å². The summed E-state index contributed by atoms with van der Waals surface area (Å²) in [6.45, 7) is -2.73. The van der Waals surface area contributed by atoms with Gasteiger partial charge in [0.25, 0.3) is 0 Å². The maximum Gasteiger partial charge on any atom is 0.320 e. The number of nitrogens with one attached hydrogen (secondary N) is 1. The van der Waals surface area contributed by atoms with Crippen molar-refractivity contribution in [2.75, 3.05) is 23.5 Å². The van der Waals surface area contributed by atoms with Crippen LogP contribution < -0.4 is 5.32 Å². The molecule has 1 N–H and O–H groups in total. The highest BCUT2D eigenvalue weighted by Gasteiger charge is 2.23. The van der Waals surface area contributed by atoms with Gasteiger partial charge < -0.3 is 10.2 Å². The summed E-state index contributed by atoms with van der Waals surface area (Å²) < 4.78 is 28.1. The van der Waals surface area contributed by atoms with Crippen LogP contribution >= 0.6 is 11.8 Å².